The molecule has 122 valence electrons. The van der Waals surface area contributed by atoms with Crippen LogP contribution in [-0.4, -0.2) is 9.97 Å². The van der Waals surface area contributed by atoms with Gasteiger partial charge in [0.15, 0.2) is 0 Å². The second-order valence-corrected chi connectivity index (χ2v) is 5.98. The molecule has 3 nitrogen and oxygen atoms in total. The molecule has 0 saturated carbocycles. The number of hydrogen-bond donors (Lipinski definition) is 1. The highest BCUT2D eigenvalue weighted by atomic mass is 15.0. The Morgan fingerprint density at radius 3 is 2.12 bits per heavy atom. The summed E-state index contributed by atoms with van der Waals surface area (Å²) < 4.78 is 0. The minimum atomic E-state index is 0.818. The lowest BCUT2D eigenvalue weighted by atomic mass is 10.1. The Kier molecular flexibility index (Phi) is 4.38. The Morgan fingerprint density at radius 1 is 0.640 bits per heavy atom. The molecule has 0 aliphatic carbocycles. The van der Waals surface area contributed by atoms with Gasteiger partial charge in [0.2, 0.25) is 0 Å². The van der Waals surface area contributed by atoms with Crippen LogP contribution in [0.25, 0.3) is 10.9 Å². The highest BCUT2D eigenvalue weighted by Crippen LogP contribution is 2.24. The van der Waals surface area contributed by atoms with Gasteiger partial charge in [-0.05, 0) is 36.2 Å². The maximum Gasteiger partial charge on any atom is 0.142 e. The third kappa shape index (κ3) is 3.66. The first-order valence-electron chi connectivity index (χ1n) is 8.50. The first-order valence-corrected chi connectivity index (χ1v) is 8.50. The van der Waals surface area contributed by atoms with Gasteiger partial charge in [0.05, 0.1) is 5.52 Å². The summed E-state index contributed by atoms with van der Waals surface area (Å²) in [6, 6.07) is 28.7. The molecule has 0 unspecified atom stereocenters. The van der Waals surface area contributed by atoms with E-state index in [0.717, 1.165) is 41.1 Å². The molecule has 4 rings (SSSR count). The van der Waals surface area contributed by atoms with Crippen LogP contribution < -0.4 is 5.32 Å². The zero-order valence-corrected chi connectivity index (χ0v) is 13.9. The van der Waals surface area contributed by atoms with Gasteiger partial charge in [-0.3, -0.25) is 0 Å². The van der Waals surface area contributed by atoms with Gasteiger partial charge in [-0.1, -0.05) is 60.7 Å². The van der Waals surface area contributed by atoms with Crippen molar-refractivity contribution in [1.82, 2.24) is 9.97 Å². The van der Waals surface area contributed by atoms with Crippen LogP contribution in [0.1, 0.15) is 11.4 Å². The van der Waals surface area contributed by atoms with Gasteiger partial charge in [0.1, 0.15) is 11.6 Å². The van der Waals surface area contributed by atoms with Crippen molar-refractivity contribution in [3.8, 4) is 0 Å². The number of nitrogens with zero attached hydrogens (tertiary/aromatic N) is 2. The number of rotatable bonds is 5. The lowest BCUT2D eigenvalue weighted by molar-refractivity contribution is 0.872. The molecule has 25 heavy (non-hydrogen) atoms. The minimum absolute atomic E-state index is 0.818. The van der Waals surface area contributed by atoms with Gasteiger partial charge >= 0.3 is 0 Å². The first-order chi connectivity index (χ1) is 12.4. The second-order valence-electron chi connectivity index (χ2n) is 5.98. The van der Waals surface area contributed by atoms with Crippen molar-refractivity contribution in [3.05, 3.63) is 96.3 Å². The Hall–Kier alpha value is -3.20. The maximum atomic E-state index is 4.79. The van der Waals surface area contributed by atoms with Crippen LogP contribution in [0.3, 0.4) is 0 Å². The van der Waals surface area contributed by atoms with Crippen molar-refractivity contribution in [2.24, 2.45) is 0 Å². The summed E-state index contributed by atoms with van der Waals surface area (Å²) in [6.45, 7) is 0. The molecule has 0 amide bonds. The van der Waals surface area contributed by atoms with E-state index in [-0.39, 0.29) is 0 Å². The van der Waals surface area contributed by atoms with E-state index in [1.165, 1.54) is 5.56 Å². The Labute approximate surface area is 147 Å². The summed E-state index contributed by atoms with van der Waals surface area (Å²) in [4.78, 5) is 9.53. The number of hydrogen-bond acceptors (Lipinski definition) is 3. The molecule has 3 aromatic carbocycles. The molecule has 0 radical (unpaired) electrons. The molecule has 4 aromatic rings. The lowest BCUT2D eigenvalue weighted by Crippen LogP contribution is -2.03. The van der Waals surface area contributed by atoms with Gasteiger partial charge in [0, 0.05) is 17.5 Å². The molecule has 1 N–H and O–H groups in total. The smallest absolute Gasteiger partial charge is 0.142 e. The molecule has 1 aromatic heterocycles. The van der Waals surface area contributed by atoms with Crippen LogP contribution >= 0.6 is 0 Å². The summed E-state index contributed by atoms with van der Waals surface area (Å²) in [5, 5.41) is 4.47. The number of anilines is 2. The third-order valence-electron chi connectivity index (χ3n) is 4.17. The SMILES string of the molecule is c1ccc(CCc2nc(Nc3ccccc3)c3ccccc3n2)cc1. The molecule has 3 heteroatoms. The summed E-state index contributed by atoms with van der Waals surface area (Å²) in [6.07, 6.45) is 1.75. The van der Waals surface area contributed by atoms with Crippen molar-refractivity contribution >= 4 is 22.4 Å². The number of fused-ring (bicyclic) bond motifs is 1. The predicted octanol–water partition coefficient (Wildman–Crippen LogP) is 5.16. The van der Waals surface area contributed by atoms with Crippen LogP contribution in [0.2, 0.25) is 0 Å². The zero-order chi connectivity index (χ0) is 16.9. The van der Waals surface area contributed by atoms with Crippen molar-refractivity contribution in [3.63, 3.8) is 0 Å². The number of nitrogens with one attached hydrogen (secondary N) is 1. The van der Waals surface area contributed by atoms with Crippen LogP contribution in [0.5, 0.6) is 0 Å². The van der Waals surface area contributed by atoms with Crippen molar-refractivity contribution in [1.29, 1.82) is 0 Å². The second kappa shape index (κ2) is 7.14. The van der Waals surface area contributed by atoms with Gasteiger partial charge < -0.3 is 5.32 Å². The van der Waals surface area contributed by atoms with Crippen LogP contribution in [0.4, 0.5) is 11.5 Å². The fourth-order valence-corrected chi connectivity index (χ4v) is 2.89. The normalized spacial score (nSPS) is 10.7. The Morgan fingerprint density at radius 2 is 1.32 bits per heavy atom. The lowest BCUT2D eigenvalue weighted by Gasteiger charge is -2.11. The summed E-state index contributed by atoms with van der Waals surface area (Å²) in [7, 11) is 0. The topological polar surface area (TPSA) is 37.8 Å². The Bertz CT molecular complexity index is 966. The quantitative estimate of drug-likeness (QED) is 0.551. The molecular formula is C22H19N3. The predicted molar refractivity (Wildman–Crippen MR) is 103 cm³/mol. The molecule has 0 fully saturated rings. The molecule has 0 aliphatic rings. The molecule has 1 heterocycles. The molecular weight excluding hydrogens is 306 g/mol. The van der Waals surface area contributed by atoms with Crippen molar-refractivity contribution in [2.75, 3.05) is 5.32 Å². The average Bonchev–Trinajstić information content (AvgIpc) is 2.68. The van der Waals surface area contributed by atoms with Gasteiger partial charge in [-0.15, -0.1) is 0 Å². The van der Waals surface area contributed by atoms with E-state index in [9.17, 15) is 0 Å². The standard InChI is InChI=1S/C22H19N3/c1-3-9-17(10-4-1)15-16-21-24-20-14-8-7-13-19(20)22(25-21)23-18-11-5-2-6-12-18/h1-14H,15-16H2,(H,23,24,25). The molecule has 0 spiro atoms. The van der Waals surface area contributed by atoms with E-state index in [2.05, 4.69) is 35.6 Å². The summed E-state index contributed by atoms with van der Waals surface area (Å²) in [5.41, 5.74) is 3.30. The van der Waals surface area contributed by atoms with E-state index >= 15 is 0 Å². The number of aromatic nitrogens is 2. The van der Waals surface area contributed by atoms with Gasteiger partial charge in [-0.25, -0.2) is 9.97 Å². The fourth-order valence-electron chi connectivity index (χ4n) is 2.89. The van der Waals surface area contributed by atoms with E-state index in [1.54, 1.807) is 0 Å². The highest BCUT2D eigenvalue weighted by molar-refractivity contribution is 5.90. The molecule has 0 atom stereocenters. The minimum Gasteiger partial charge on any atom is -0.340 e. The summed E-state index contributed by atoms with van der Waals surface area (Å²) >= 11 is 0. The number of benzene rings is 3. The summed E-state index contributed by atoms with van der Waals surface area (Å²) in [5.74, 6) is 1.72. The van der Waals surface area contributed by atoms with Gasteiger partial charge in [0.25, 0.3) is 0 Å². The Balaban J connectivity index is 1.66. The molecule has 0 bridgehead atoms. The average molecular weight is 325 g/mol. The number of aryl methyl sites for hydroxylation is 2. The monoisotopic (exact) mass is 325 g/mol. The van der Waals surface area contributed by atoms with Gasteiger partial charge in [-0.2, -0.15) is 0 Å². The molecule has 0 saturated heterocycles. The van der Waals surface area contributed by atoms with Crippen molar-refractivity contribution < 1.29 is 0 Å². The first kappa shape index (κ1) is 15.3. The fraction of sp³-hybridized carbons (Fsp3) is 0.0909. The zero-order valence-electron chi connectivity index (χ0n) is 13.9. The number of para-hydroxylation sites is 2. The largest absolute Gasteiger partial charge is 0.340 e. The van der Waals surface area contributed by atoms with E-state index in [4.69, 9.17) is 9.97 Å². The van der Waals surface area contributed by atoms with Crippen molar-refractivity contribution in [2.45, 2.75) is 12.8 Å². The van der Waals surface area contributed by atoms with E-state index < -0.39 is 0 Å². The molecule has 0 aliphatic heterocycles. The van der Waals surface area contributed by atoms with Crippen LogP contribution in [-0.2, 0) is 12.8 Å². The van der Waals surface area contributed by atoms with E-state index in [0.29, 0.717) is 0 Å². The highest BCUT2D eigenvalue weighted by Gasteiger charge is 2.08. The van der Waals surface area contributed by atoms with E-state index in [1.807, 2.05) is 54.6 Å². The van der Waals surface area contributed by atoms with Crippen LogP contribution in [0, 0.1) is 0 Å². The third-order valence-corrected chi connectivity index (χ3v) is 4.17. The maximum absolute atomic E-state index is 4.79. The van der Waals surface area contributed by atoms with Crippen LogP contribution in [0.15, 0.2) is 84.9 Å².